The SMILES string of the molecule is CC(C)C(CCNC(=O)c1ccc(F)cc1)CCC(=O)O. The lowest BCUT2D eigenvalue weighted by atomic mass is 9.88. The summed E-state index contributed by atoms with van der Waals surface area (Å²) >= 11 is 0. The van der Waals surface area contributed by atoms with E-state index in [1.54, 1.807) is 0 Å². The van der Waals surface area contributed by atoms with Gasteiger partial charge in [-0.3, -0.25) is 9.59 Å². The van der Waals surface area contributed by atoms with Crippen molar-refractivity contribution in [2.24, 2.45) is 11.8 Å². The zero-order valence-corrected chi connectivity index (χ0v) is 12.4. The Balaban J connectivity index is 2.40. The molecule has 0 aliphatic rings. The van der Waals surface area contributed by atoms with Gasteiger partial charge in [-0.05, 0) is 48.9 Å². The number of amides is 1. The van der Waals surface area contributed by atoms with E-state index in [1.807, 2.05) is 13.8 Å². The van der Waals surface area contributed by atoms with Crippen LogP contribution in [-0.4, -0.2) is 23.5 Å². The molecule has 1 amide bonds. The van der Waals surface area contributed by atoms with E-state index in [9.17, 15) is 14.0 Å². The van der Waals surface area contributed by atoms with Gasteiger partial charge in [0, 0.05) is 18.5 Å². The van der Waals surface area contributed by atoms with Gasteiger partial charge in [-0.2, -0.15) is 0 Å². The van der Waals surface area contributed by atoms with Crippen molar-refractivity contribution in [1.82, 2.24) is 5.32 Å². The maximum Gasteiger partial charge on any atom is 0.303 e. The second-order valence-electron chi connectivity index (χ2n) is 5.49. The molecule has 0 aromatic heterocycles. The van der Waals surface area contributed by atoms with E-state index in [0.717, 1.165) is 6.42 Å². The molecule has 0 radical (unpaired) electrons. The average Bonchev–Trinajstić information content (AvgIpc) is 2.42. The summed E-state index contributed by atoms with van der Waals surface area (Å²) in [6.07, 6.45) is 1.49. The van der Waals surface area contributed by atoms with Gasteiger partial charge in [-0.1, -0.05) is 13.8 Å². The van der Waals surface area contributed by atoms with Crippen LogP contribution in [0, 0.1) is 17.7 Å². The highest BCUT2D eigenvalue weighted by atomic mass is 19.1. The monoisotopic (exact) mass is 295 g/mol. The topological polar surface area (TPSA) is 66.4 Å². The number of halogens is 1. The summed E-state index contributed by atoms with van der Waals surface area (Å²) in [5.41, 5.74) is 0.419. The lowest BCUT2D eigenvalue weighted by Crippen LogP contribution is -2.27. The Kier molecular flexibility index (Phi) is 6.85. The number of carbonyl (C=O) groups is 2. The molecule has 0 bridgehead atoms. The Hall–Kier alpha value is -1.91. The van der Waals surface area contributed by atoms with Crippen molar-refractivity contribution in [3.8, 4) is 0 Å². The predicted molar refractivity (Wildman–Crippen MR) is 78.5 cm³/mol. The quantitative estimate of drug-likeness (QED) is 0.774. The molecule has 0 saturated heterocycles. The Morgan fingerprint density at radius 1 is 1.19 bits per heavy atom. The molecule has 4 nitrogen and oxygen atoms in total. The molecule has 0 spiro atoms. The molecule has 1 aromatic carbocycles. The van der Waals surface area contributed by atoms with Crippen LogP contribution in [0.3, 0.4) is 0 Å². The molecule has 1 unspecified atom stereocenters. The van der Waals surface area contributed by atoms with Crippen LogP contribution >= 0.6 is 0 Å². The summed E-state index contributed by atoms with van der Waals surface area (Å²) in [4.78, 5) is 22.5. The molecule has 21 heavy (non-hydrogen) atoms. The fraction of sp³-hybridized carbons (Fsp3) is 0.500. The minimum atomic E-state index is -0.795. The fourth-order valence-corrected chi connectivity index (χ4v) is 2.19. The summed E-state index contributed by atoms with van der Waals surface area (Å²) in [7, 11) is 0. The maximum atomic E-state index is 12.8. The molecule has 0 aliphatic heterocycles. The van der Waals surface area contributed by atoms with E-state index in [-0.39, 0.29) is 24.1 Å². The van der Waals surface area contributed by atoms with Crippen molar-refractivity contribution in [3.05, 3.63) is 35.6 Å². The van der Waals surface area contributed by atoms with E-state index in [0.29, 0.717) is 24.4 Å². The lowest BCUT2D eigenvalue weighted by Gasteiger charge is -2.20. The average molecular weight is 295 g/mol. The minimum Gasteiger partial charge on any atom is -0.481 e. The van der Waals surface area contributed by atoms with Gasteiger partial charge in [0.15, 0.2) is 0 Å². The molecule has 0 heterocycles. The van der Waals surface area contributed by atoms with Crippen molar-refractivity contribution in [2.45, 2.75) is 33.1 Å². The Bertz CT molecular complexity index is 471. The van der Waals surface area contributed by atoms with Gasteiger partial charge in [0.2, 0.25) is 0 Å². The highest BCUT2D eigenvalue weighted by molar-refractivity contribution is 5.94. The van der Waals surface area contributed by atoms with E-state index in [4.69, 9.17) is 5.11 Å². The Morgan fingerprint density at radius 3 is 2.33 bits per heavy atom. The smallest absolute Gasteiger partial charge is 0.303 e. The maximum absolute atomic E-state index is 12.8. The van der Waals surface area contributed by atoms with Crippen LogP contribution in [0.5, 0.6) is 0 Å². The highest BCUT2D eigenvalue weighted by Crippen LogP contribution is 2.20. The summed E-state index contributed by atoms with van der Waals surface area (Å²) < 4.78 is 12.8. The number of nitrogens with one attached hydrogen (secondary N) is 1. The number of carboxylic acid groups (broad SMARTS) is 1. The normalized spacial score (nSPS) is 12.2. The van der Waals surface area contributed by atoms with E-state index < -0.39 is 5.97 Å². The van der Waals surface area contributed by atoms with E-state index in [1.165, 1.54) is 24.3 Å². The summed E-state index contributed by atoms with van der Waals surface area (Å²) in [6.45, 7) is 4.58. The molecular formula is C16H22FNO3. The van der Waals surface area contributed by atoms with Crippen LogP contribution in [0.15, 0.2) is 24.3 Å². The first-order valence-electron chi connectivity index (χ1n) is 7.15. The molecule has 116 valence electrons. The first-order valence-corrected chi connectivity index (χ1v) is 7.15. The third kappa shape index (κ3) is 6.38. The number of carboxylic acids is 1. The van der Waals surface area contributed by atoms with Crippen LogP contribution in [0.1, 0.15) is 43.5 Å². The van der Waals surface area contributed by atoms with Gasteiger partial charge in [0.25, 0.3) is 5.91 Å². The summed E-state index contributed by atoms with van der Waals surface area (Å²) in [5.74, 6) is -0.784. The molecule has 0 saturated carbocycles. The first kappa shape index (κ1) is 17.1. The van der Waals surface area contributed by atoms with Crippen molar-refractivity contribution in [1.29, 1.82) is 0 Å². The van der Waals surface area contributed by atoms with Crippen LogP contribution in [0.4, 0.5) is 4.39 Å². The van der Waals surface area contributed by atoms with Crippen LogP contribution < -0.4 is 5.32 Å². The van der Waals surface area contributed by atoms with Gasteiger partial charge in [0.1, 0.15) is 5.82 Å². The molecular weight excluding hydrogens is 273 g/mol. The second-order valence-corrected chi connectivity index (χ2v) is 5.49. The minimum absolute atomic E-state index is 0.148. The zero-order chi connectivity index (χ0) is 15.8. The Morgan fingerprint density at radius 2 is 1.81 bits per heavy atom. The van der Waals surface area contributed by atoms with E-state index in [2.05, 4.69) is 5.32 Å². The Labute approximate surface area is 124 Å². The second kappa shape index (κ2) is 8.39. The van der Waals surface area contributed by atoms with Crippen molar-refractivity contribution in [3.63, 3.8) is 0 Å². The van der Waals surface area contributed by atoms with Gasteiger partial charge in [0.05, 0.1) is 0 Å². The number of rotatable bonds is 8. The van der Waals surface area contributed by atoms with Crippen LogP contribution in [0.2, 0.25) is 0 Å². The molecule has 2 N–H and O–H groups in total. The zero-order valence-electron chi connectivity index (χ0n) is 12.4. The molecule has 0 fully saturated rings. The lowest BCUT2D eigenvalue weighted by molar-refractivity contribution is -0.137. The molecule has 5 heteroatoms. The third-order valence-electron chi connectivity index (χ3n) is 3.58. The fourth-order valence-electron chi connectivity index (χ4n) is 2.19. The van der Waals surface area contributed by atoms with Crippen LogP contribution in [0.25, 0.3) is 0 Å². The van der Waals surface area contributed by atoms with Gasteiger partial charge in [-0.15, -0.1) is 0 Å². The van der Waals surface area contributed by atoms with Crippen molar-refractivity contribution in [2.75, 3.05) is 6.54 Å². The number of hydrogen-bond donors (Lipinski definition) is 2. The summed E-state index contributed by atoms with van der Waals surface area (Å²) in [6, 6.07) is 5.38. The van der Waals surface area contributed by atoms with Gasteiger partial charge in [-0.25, -0.2) is 4.39 Å². The number of carbonyl (C=O) groups excluding carboxylic acids is 1. The standard InChI is InChI=1S/C16H22FNO3/c1-11(2)12(5-8-15(19)20)9-10-18-16(21)13-3-6-14(17)7-4-13/h3-4,6-7,11-12H,5,8-10H2,1-2H3,(H,18,21)(H,19,20). The number of aliphatic carboxylic acids is 1. The van der Waals surface area contributed by atoms with Gasteiger partial charge >= 0.3 is 5.97 Å². The van der Waals surface area contributed by atoms with Crippen molar-refractivity contribution >= 4 is 11.9 Å². The first-order chi connectivity index (χ1) is 9.90. The molecule has 1 rings (SSSR count). The highest BCUT2D eigenvalue weighted by Gasteiger charge is 2.15. The van der Waals surface area contributed by atoms with Crippen LogP contribution in [-0.2, 0) is 4.79 Å². The molecule has 0 aliphatic carbocycles. The largest absolute Gasteiger partial charge is 0.481 e. The predicted octanol–water partition coefficient (Wildman–Crippen LogP) is 3.08. The van der Waals surface area contributed by atoms with Crippen molar-refractivity contribution < 1.29 is 19.1 Å². The molecule has 1 atom stereocenters. The summed E-state index contributed by atoms with van der Waals surface area (Å²) in [5, 5.41) is 11.5. The van der Waals surface area contributed by atoms with E-state index >= 15 is 0 Å². The van der Waals surface area contributed by atoms with Gasteiger partial charge < -0.3 is 10.4 Å². The third-order valence-corrected chi connectivity index (χ3v) is 3.58. The number of benzene rings is 1. The molecule has 1 aromatic rings. The number of hydrogen-bond acceptors (Lipinski definition) is 2.